The maximum atomic E-state index is 13.4. The van der Waals surface area contributed by atoms with E-state index in [0.717, 1.165) is 50.6 Å². The average Bonchev–Trinajstić information content (AvgIpc) is 3.53. The number of rotatable bonds is 8. The minimum atomic E-state index is 0.193. The molecule has 0 spiro atoms. The van der Waals surface area contributed by atoms with E-state index in [1.807, 2.05) is 6.07 Å². The van der Waals surface area contributed by atoms with Crippen molar-refractivity contribution in [2.45, 2.75) is 44.8 Å². The third kappa shape index (κ3) is 5.16. The van der Waals surface area contributed by atoms with Crippen LogP contribution in [0.15, 0.2) is 48.5 Å². The van der Waals surface area contributed by atoms with Crippen LogP contribution in [0.25, 0.3) is 0 Å². The number of hydrogen-bond acceptors (Lipinski definition) is 4. The van der Waals surface area contributed by atoms with E-state index >= 15 is 0 Å². The maximum absolute atomic E-state index is 13.4. The van der Waals surface area contributed by atoms with Gasteiger partial charge in [0.25, 0.3) is 0 Å². The summed E-state index contributed by atoms with van der Waals surface area (Å²) in [7, 11) is 2.15. The van der Waals surface area contributed by atoms with Crippen molar-refractivity contribution < 1.29 is 4.79 Å². The van der Waals surface area contributed by atoms with Crippen molar-refractivity contribution in [2.24, 2.45) is 5.92 Å². The van der Waals surface area contributed by atoms with Gasteiger partial charge in [0.2, 0.25) is 5.91 Å². The molecule has 0 bridgehead atoms. The van der Waals surface area contributed by atoms with Gasteiger partial charge in [0.05, 0.1) is 6.54 Å². The molecule has 1 N–H and O–H groups in total. The first kappa shape index (κ1) is 21.5. The molecule has 3 aliphatic rings. The molecular formula is C27H36N4O. The summed E-state index contributed by atoms with van der Waals surface area (Å²) in [5.74, 6) is 1.12. The third-order valence-corrected chi connectivity index (χ3v) is 7.31. The fourth-order valence-corrected chi connectivity index (χ4v) is 5.29. The van der Waals surface area contributed by atoms with Crippen LogP contribution in [0, 0.1) is 5.92 Å². The topological polar surface area (TPSA) is 38.8 Å². The Morgan fingerprint density at radius 3 is 2.66 bits per heavy atom. The molecule has 1 saturated heterocycles. The molecule has 2 heterocycles. The van der Waals surface area contributed by atoms with Gasteiger partial charge in [-0.05, 0) is 68.0 Å². The van der Waals surface area contributed by atoms with Gasteiger partial charge in [0, 0.05) is 44.5 Å². The van der Waals surface area contributed by atoms with Crippen molar-refractivity contribution in [2.75, 3.05) is 45.1 Å². The van der Waals surface area contributed by atoms with E-state index in [0.29, 0.717) is 13.1 Å². The van der Waals surface area contributed by atoms with Gasteiger partial charge in [-0.3, -0.25) is 9.69 Å². The van der Waals surface area contributed by atoms with Crippen LogP contribution in [0.5, 0.6) is 0 Å². The maximum Gasteiger partial charge on any atom is 0.242 e. The fraction of sp³-hybridized carbons (Fsp3) is 0.519. The van der Waals surface area contributed by atoms with Gasteiger partial charge in [-0.15, -0.1) is 0 Å². The highest BCUT2D eigenvalue weighted by Crippen LogP contribution is 2.33. The lowest BCUT2D eigenvalue weighted by Crippen LogP contribution is -2.44. The number of nitrogens with one attached hydrogen (secondary N) is 1. The molecule has 1 amide bonds. The Hall–Kier alpha value is -2.37. The summed E-state index contributed by atoms with van der Waals surface area (Å²) in [6.45, 7) is 6.48. The van der Waals surface area contributed by atoms with Crippen LogP contribution in [-0.4, -0.2) is 66.4 Å². The quantitative estimate of drug-likeness (QED) is 0.692. The molecular weight excluding hydrogens is 396 g/mol. The number of benzene rings is 2. The molecule has 2 aliphatic heterocycles. The van der Waals surface area contributed by atoms with E-state index in [9.17, 15) is 4.79 Å². The molecule has 1 atom stereocenters. The van der Waals surface area contributed by atoms with Crippen molar-refractivity contribution in [3.8, 4) is 0 Å². The lowest BCUT2D eigenvalue weighted by molar-refractivity contribution is -0.132. The predicted molar refractivity (Wildman–Crippen MR) is 130 cm³/mol. The molecule has 5 rings (SSSR count). The third-order valence-electron chi connectivity index (χ3n) is 7.31. The highest BCUT2D eigenvalue weighted by atomic mass is 16.2. The zero-order chi connectivity index (χ0) is 21.9. The number of anilines is 1. The zero-order valence-corrected chi connectivity index (χ0v) is 19.3. The normalized spacial score (nSPS) is 21.3. The molecule has 0 aromatic heterocycles. The molecule has 2 aromatic rings. The largest absolute Gasteiger partial charge is 0.376 e. The predicted octanol–water partition coefficient (Wildman–Crippen LogP) is 3.60. The van der Waals surface area contributed by atoms with Crippen molar-refractivity contribution in [3.05, 3.63) is 65.2 Å². The minimum Gasteiger partial charge on any atom is -0.376 e. The first-order valence-electron chi connectivity index (χ1n) is 12.2. The van der Waals surface area contributed by atoms with Crippen molar-refractivity contribution >= 4 is 11.6 Å². The first-order chi connectivity index (χ1) is 15.7. The van der Waals surface area contributed by atoms with Gasteiger partial charge >= 0.3 is 0 Å². The Morgan fingerprint density at radius 1 is 1.06 bits per heavy atom. The van der Waals surface area contributed by atoms with Crippen LogP contribution in [0.3, 0.4) is 0 Å². The van der Waals surface area contributed by atoms with Crippen LogP contribution in [0.2, 0.25) is 0 Å². The summed E-state index contributed by atoms with van der Waals surface area (Å²) >= 11 is 0. The summed E-state index contributed by atoms with van der Waals surface area (Å²) in [5.41, 5.74) is 5.17. The van der Waals surface area contributed by atoms with E-state index in [4.69, 9.17) is 0 Å². The van der Waals surface area contributed by atoms with E-state index in [1.165, 1.54) is 36.1 Å². The number of nitrogens with zero attached hydrogens (tertiary/aromatic N) is 3. The minimum absolute atomic E-state index is 0.193. The van der Waals surface area contributed by atoms with Gasteiger partial charge < -0.3 is 15.1 Å². The number of likely N-dealkylation sites (tertiary alicyclic amines) is 1. The van der Waals surface area contributed by atoms with Crippen LogP contribution in [0.1, 0.15) is 36.0 Å². The molecule has 5 nitrogen and oxygen atoms in total. The summed E-state index contributed by atoms with van der Waals surface area (Å²) in [6, 6.07) is 17.2. The zero-order valence-electron chi connectivity index (χ0n) is 19.3. The van der Waals surface area contributed by atoms with E-state index in [-0.39, 0.29) is 11.9 Å². The van der Waals surface area contributed by atoms with Crippen LogP contribution in [0.4, 0.5) is 5.69 Å². The average molecular weight is 433 g/mol. The number of amides is 1. The molecule has 5 heteroatoms. The molecule has 0 radical (unpaired) electrons. The van der Waals surface area contributed by atoms with Gasteiger partial charge in [-0.1, -0.05) is 42.5 Å². The van der Waals surface area contributed by atoms with E-state index < -0.39 is 0 Å². The van der Waals surface area contributed by atoms with Crippen molar-refractivity contribution in [1.29, 1.82) is 0 Å². The number of hydrogen-bond donors (Lipinski definition) is 1. The van der Waals surface area contributed by atoms with Crippen molar-refractivity contribution in [3.63, 3.8) is 0 Å². The van der Waals surface area contributed by atoms with Crippen LogP contribution < -0.4 is 5.32 Å². The fourth-order valence-electron chi connectivity index (χ4n) is 5.29. The molecule has 2 fully saturated rings. The summed E-state index contributed by atoms with van der Waals surface area (Å²) in [4.78, 5) is 20.4. The van der Waals surface area contributed by atoms with Crippen LogP contribution in [-0.2, 0) is 24.3 Å². The highest BCUT2D eigenvalue weighted by molar-refractivity contribution is 5.81. The Morgan fingerprint density at radius 2 is 1.91 bits per heavy atom. The lowest BCUT2D eigenvalue weighted by atomic mass is 9.97. The molecule has 1 saturated carbocycles. The number of carbonyl (C=O) groups is 1. The standard InChI is InChI=1S/C27H36N4O/c1-29-14-12-24(20-29)31(18-21-6-3-2-4-7-21)27(32)16-28-26-9-5-8-23-19-30(15-13-25(23)26)17-22-10-11-22/h2-9,22,24,28H,10-20H2,1H3. The van der Waals surface area contributed by atoms with Crippen LogP contribution >= 0.6 is 0 Å². The molecule has 170 valence electrons. The van der Waals surface area contributed by atoms with E-state index in [1.54, 1.807) is 0 Å². The van der Waals surface area contributed by atoms with Gasteiger partial charge in [0.15, 0.2) is 0 Å². The Balaban J connectivity index is 1.25. The lowest BCUT2D eigenvalue weighted by Gasteiger charge is -2.31. The number of fused-ring (bicyclic) bond motifs is 1. The summed E-state index contributed by atoms with van der Waals surface area (Å²) in [6.07, 6.45) is 4.93. The van der Waals surface area contributed by atoms with E-state index in [2.05, 4.69) is 69.5 Å². The second kappa shape index (κ2) is 9.63. The van der Waals surface area contributed by atoms with Crippen molar-refractivity contribution in [1.82, 2.24) is 14.7 Å². The second-order valence-corrected chi connectivity index (χ2v) is 9.94. The molecule has 2 aromatic carbocycles. The van der Waals surface area contributed by atoms with Gasteiger partial charge in [0.1, 0.15) is 0 Å². The Kier molecular flexibility index (Phi) is 6.47. The summed E-state index contributed by atoms with van der Waals surface area (Å²) in [5, 5.41) is 3.52. The summed E-state index contributed by atoms with van der Waals surface area (Å²) < 4.78 is 0. The van der Waals surface area contributed by atoms with Gasteiger partial charge in [-0.25, -0.2) is 0 Å². The molecule has 1 unspecified atom stereocenters. The molecule has 32 heavy (non-hydrogen) atoms. The number of likely N-dealkylation sites (N-methyl/N-ethyl adjacent to an activating group) is 1. The number of carbonyl (C=O) groups excluding carboxylic acids is 1. The molecule has 1 aliphatic carbocycles. The monoisotopic (exact) mass is 432 g/mol. The SMILES string of the molecule is CN1CCC(N(Cc2ccccc2)C(=O)CNc2cccc3c2CCN(CC2CC2)C3)C1. The second-order valence-electron chi connectivity index (χ2n) is 9.94. The first-order valence-corrected chi connectivity index (χ1v) is 12.2. The highest BCUT2D eigenvalue weighted by Gasteiger charge is 2.30. The Labute approximate surface area is 192 Å². The Bertz CT molecular complexity index is 927. The smallest absolute Gasteiger partial charge is 0.242 e. The van der Waals surface area contributed by atoms with Gasteiger partial charge in [-0.2, -0.15) is 0 Å².